The SMILES string of the molecule is Fc1c(F)c(F)c([B-](c2c(F)c(F)c(F)c(F)c2F)(c2c(F)c(F)c(F)c(F)c2F)c2c(F)c(F)c(F)c(F)c2F)c(F)c1F.c1ccc([P+](Cc2ccc(OC3CCCCC3)cc2)(c2ccccc2)c2ccccc2)cc1. The summed E-state index contributed by atoms with van der Waals surface area (Å²) in [4.78, 5) is 0. The van der Waals surface area contributed by atoms with Crippen LogP contribution in [-0.2, 0) is 6.16 Å². The van der Waals surface area contributed by atoms with Crippen molar-refractivity contribution in [3.05, 3.63) is 237 Å². The fourth-order valence-electron chi connectivity index (χ4n) is 9.97. The van der Waals surface area contributed by atoms with Crippen LogP contribution in [0.15, 0.2) is 115 Å². The molecule has 1 saturated carbocycles. The fourth-order valence-corrected chi connectivity index (χ4v) is 14.2. The molecule has 0 radical (unpaired) electrons. The third-order valence-corrected chi connectivity index (χ3v) is 17.9. The van der Waals surface area contributed by atoms with E-state index in [2.05, 4.69) is 115 Å². The Morgan fingerprint density at radius 2 is 0.551 bits per heavy atom. The van der Waals surface area contributed by atoms with E-state index in [4.69, 9.17) is 4.74 Å². The summed E-state index contributed by atoms with van der Waals surface area (Å²) >= 11 is 0. The second-order valence-corrected chi connectivity index (χ2v) is 21.3. The van der Waals surface area contributed by atoms with Crippen molar-refractivity contribution in [2.24, 2.45) is 0 Å². The molecule has 78 heavy (non-hydrogen) atoms. The molecule has 1 nitrogen and oxygen atoms in total. The lowest BCUT2D eigenvalue weighted by atomic mass is 9.12. The number of hydrogen-bond acceptors (Lipinski definition) is 1. The van der Waals surface area contributed by atoms with Gasteiger partial charge in [0.15, 0.2) is 69.8 Å². The van der Waals surface area contributed by atoms with E-state index >= 15 is 35.1 Å². The minimum absolute atomic E-state index is 0.383. The number of hydrogen-bond donors (Lipinski definition) is 0. The standard InChI is InChI=1S/C31H32OP.C24BF20/c1-5-13-27(14-6-1)32-28-23-21-26(22-24-28)25-33(29-15-7-2-8-16-29,30-17-9-3-10-18-30)31-19-11-4-12-20-31;26-5-1(6(27)14(35)21(42)13(5)34)25(2-7(28)15(36)22(43)16(37)8(2)29,3-9(30)17(38)23(44)18(39)10(3)31)4-11(32)19(40)24(45)20(41)12(4)33/h2-4,7-12,15-24,27H,1,5-6,13-14,25H2;/q+1;-1. The zero-order chi connectivity index (χ0) is 56.7. The first-order chi connectivity index (χ1) is 37.0. The van der Waals surface area contributed by atoms with E-state index < -0.39 is 152 Å². The van der Waals surface area contributed by atoms with Crippen LogP contribution in [0, 0.1) is 116 Å². The molecule has 0 N–H and O–H groups in total. The largest absolute Gasteiger partial charge is 0.490 e. The van der Waals surface area contributed by atoms with E-state index in [1.807, 2.05) is 0 Å². The van der Waals surface area contributed by atoms with Crippen LogP contribution >= 0.6 is 7.26 Å². The van der Waals surface area contributed by atoms with Crippen molar-refractivity contribution in [2.45, 2.75) is 44.4 Å². The van der Waals surface area contributed by atoms with Crippen molar-refractivity contribution in [2.75, 3.05) is 0 Å². The summed E-state index contributed by atoms with van der Waals surface area (Å²) in [5.74, 6) is -70.4. The molecule has 1 fully saturated rings. The highest BCUT2D eigenvalue weighted by Crippen LogP contribution is 2.58. The number of halogens is 20. The molecule has 0 bridgehead atoms. The monoisotopic (exact) mass is 1130 g/mol. The van der Waals surface area contributed by atoms with Crippen molar-refractivity contribution in [1.29, 1.82) is 0 Å². The molecule has 0 spiro atoms. The molecule has 8 aromatic rings. The third-order valence-electron chi connectivity index (χ3n) is 13.5. The molecule has 0 amide bonds. The van der Waals surface area contributed by atoms with Gasteiger partial charge < -0.3 is 4.74 Å². The molecule has 1 aliphatic carbocycles. The van der Waals surface area contributed by atoms with Crippen LogP contribution in [0.5, 0.6) is 5.75 Å². The van der Waals surface area contributed by atoms with Gasteiger partial charge in [-0.1, -0.05) is 73.2 Å². The lowest BCUT2D eigenvalue weighted by Gasteiger charge is -2.44. The Hall–Kier alpha value is -7.35. The highest BCUT2D eigenvalue weighted by Gasteiger charge is 2.53. The summed E-state index contributed by atoms with van der Waals surface area (Å²) in [5.41, 5.74) is -13.0. The minimum Gasteiger partial charge on any atom is -0.490 e. The van der Waals surface area contributed by atoms with E-state index in [0.717, 1.165) is 11.9 Å². The first-order valence-electron chi connectivity index (χ1n) is 23.1. The summed E-state index contributed by atoms with van der Waals surface area (Å²) in [6.07, 6.45) is 0.471. The number of benzene rings is 8. The van der Waals surface area contributed by atoms with Crippen molar-refractivity contribution < 1.29 is 92.5 Å². The van der Waals surface area contributed by atoms with E-state index in [1.54, 1.807) is 0 Å². The van der Waals surface area contributed by atoms with Crippen molar-refractivity contribution in [1.82, 2.24) is 0 Å². The molecule has 0 atom stereocenters. The Morgan fingerprint density at radius 3 is 0.808 bits per heavy atom. The van der Waals surface area contributed by atoms with Gasteiger partial charge in [-0.2, -0.15) is 0 Å². The van der Waals surface area contributed by atoms with Gasteiger partial charge in [0.05, 0.1) is 12.3 Å². The molecular weight excluding hydrogens is 1100 g/mol. The summed E-state index contributed by atoms with van der Waals surface area (Å²) in [7, 11) is -1.87. The fraction of sp³-hybridized carbons (Fsp3) is 0.127. The third kappa shape index (κ3) is 9.52. The molecule has 0 saturated heterocycles. The maximum Gasteiger partial charge on any atom is 0.200 e. The van der Waals surface area contributed by atoms with Crippen molar-refractivity contribution in [3.63, 3.8) is 0 Å². The van der Waals surface area contributed by atoms with E-state index in [1.165, 1.54) is 53.6 Å². The molecule has 1 aliphatic rings. The van der Waals surface area contributed by atoms with Gasteiger partial charge in [-0.05, 0) is 79.8 Å². The normalized spacial score (nSPS) is 13.1. The van der Waals surface area contributed by atoms with Crippen LogP contribution in [0.4, 0.5) is 87.8 Å². The zero-order valence-electron chi connectivity index (χ0n) is 39.3. The highest BCUT2D eigenvalue weighted by molar-refractivity contribution is 7.95. The van der Waals surface area contributed by atoms with E-state index in [9.17, 15) is 52.7 Å². The van der Waals surface area contributed by atoms with E-state index in [-0.39, 0.29) is 0 Å². The van der Waals surface area contributed by atoms with Gasteiger partial charge in [0.2, 0.25) is 0 Å². The predicted molar refractivity (Wildman–Crippen MR) is 252 cm³/mol. The van der Waals surface area contributed by atoms with Crippen molar-refractivity contribution in [3.8, 4) is 5.75 Å². The molecular formula is C55H32BF20OP. The van der Waals surface area contributed by atoms with Crippen LogP contribution < -0.4 is 42.5 Å². The molecule has 0 aromatic heterocycles. The van der Waals surface area contributed by atoms with Crippen LogP contribution in [-0.4, -0.2) is 12.2 Å². The Balaban J connectivity index is 0.000000215. The topological polar surface area (TPSA) is 9.23 Å². The van der Waals surface area contributed by atoms with Gasteiger partial charge in [0.25, 0.3) is 0 Å². The molecule has 0 heterocycles. The van der Waals surface area contributed by atoms with Gasteiger partial charge in [-0.15, -0.1) is 21.9 Å². The summed E-state index contributed by atoms with van der Waals surface area (Å²) in [6, 6.07) is 42.2. The maximum absolute atomic E-state index is 15.4. The summed E-state index contributed by atoms with van der Waals surface area (Å²) < 4.78 is 300. The second kappa shape index (κ2) is 22.6. The smallest absolute Gasteiger partial charge is 0.200 e. The average molecular weight is 1130 g/mol. The number of rotatable bonds is 11. The van der Waals surface area contributed by atoms with Gasteiger partial charge in [-0.25, -0.2) is 87.8 Å². The highest BCUT2D eigenvalue weighted by atomic mass is 31.2. The molecule has 23 heteroatoms. The van der Waals surface area contributed by atoms with Crippen LogP contribution in [0.1, 0.15) is 37.7 Å². The lowest BCUT2D eigenvalue weighted by Crippen LogP contribution is -2.81. The first kappa shape index (κ1) is 56.8. The van der Waals surface area contributed by atoms with Crippen LogP contribution in [0.3, 0.4) is 0 Å². The number of ether oxygens (including phenoxy) is 1. The molecule has 8 aromatic carbocycles. The Labute approximate surface area is 430 Å². The second-order valence-electron chi connectivity index (χ2n) is 17.8. The first-order valence-corrected chi connectivity index (χ1v) is 25.1. The van der Waals surface area contributed by atoms with Gasteiger partial charge in [0.1, 0.15) is 81.6 Å². The molecule has 0 aliphatic heterocycles. The molecule has 9 rings (SSSR count). The van der Waals surface area contributed by atoms with Gasteiger partial charge >= 0.3 is 0 Å². The van der Waals surface area contributed by atoms with Crippen molar-refractivity contribution >= 4 is 51.2 Å². The Kier molecular flexibility index (Phi) is 16.4. The lowest BCUT2D eigenvalue weighted by molar-refractivity contribution is 0.155. The maximum atomic E-state index is 15.4. The zero-order valence-corrected chi connectivity index (χ0v) is 40.2. The minimum atomic E-state index is -7.22. The van der Waals surface area contributed by atoms with E-state index in [0.29, 0.717) is 6.10 Å². The average Bonchev–Trinajstić information content (AvgIpc) is 3.53. The van der Waals surface area contributed by atoms with Crippen LogP contribution in [0.2, 0.25) is 0 Å². The predicted octanol–water partition coefficient (Wildman–Crippen LogP) is 12.7. The molecule has 0 unspecified atom stereocenters. The van der Waals surface area contributed by atoms with Crippen LogP contribution in [0.25, 0.3) is 0 Å². The summed E-state index contributed by atoms with van der Waals surface area (Å²) in [6.45, 7) is 0. The van der Waals surface area contributed by atoms with Gasteiger partial charge in [0, 0.05) is 0 Å². The van der Waals surface area contributed by atoms with Gasteiger partial charge in [-0.3, -0.25) is 0 Å². The summed E-state index contributed by atoms with van der Waals surface area (Å²) in [5, 5.41) is 4.26. The Bertz CT molecular complexity index is 3070. The quantitative estimate of drug-likeness (QED) is 0.0412. The Morgan fingerprint density at radius 1 is 0.308 bits per heavy atom. The molecule has 406 valence electrons.